The Morgan fingerprint density at radius 3 is 3.04 bits per heavy atom. The lowest BCUT2D eigenvalue weighted by Crippen LogP contribution is -2.32. The lowest BCUT2D eigenvalue weighted by atomic mass is 9.88. The third-order valence-electron chi connectivity index (χ3n) is 4.17. The van der Waals surface area contributed by atoms with E-state index >= 15 is 0 Å². The Bertz CT molecular complexity index is 860. The standard InChI is InChI=1S/C18H17N3O3S/c22-16(19-14-8-3-6-12-5-1-2-7-13(12)14)11-25-18-21-20-17(24-18)15-9-4-10-23-15/h1-2,4-5,7,9-10,14H,3,6,8,11H2,(H,19,22)/t14-/m1/s1. The number of hydrogen-bond donors (Lipinski definition) is 1. The van der Waals surface area contributed by atoms with Crippen molar-refractivity contribution in [1.29, 1.82) is 0 Å². The van der Waals surface area contributed by atoms with Crippen LogP contribution in [-0.4, -0.2) is 21.9 Å². The number of carbonyl (C=O) groups excluding carboxylic acids is 1. The molecule has 1 aliphatic carbocycles. The van der Waals surface area contributed by atoms with Gasteiger partial charge in [-0.15, -0.1) is 10.2 Å². The summed E-state index contributed by atoms with van der Waals surface area (Å²) in [5, 5.41) is 11.3. The van der Waals surface area contributed by atoms with E-state index in [-0.39, 0.29) is 17.7 Å². The Morgan fingerprint density at radius 1 is 1.24 bits per heavy atom. The molecule has 0 fully saturated rings. The average molecular weight is 355 g/mol. The van der Waals surface area contributed by atoms with Crippen LogP contribution >= 0.6 is 11.8 Å². The lowest BCUT2D eigenvalue weighted by molar-refractivity contribution is -0.119. The van der Waals surface area contributed by atoms with E-state index in [0.717, 1.165) is 19.3 Å². The Labute approximate surface area is 149 Å². The molecule has 2 aromatic heterocycles. The summed E-state index contributed by atoms with van der Waals surface area (Å²) in [5.41, 5.74) is 2.55. The van der Waals surface area contributed by atoms with E-state index in [0.29, 0.717) is 16.9 Å². The highest BCUT2D eigenvalue weighted by molar-refractivity contribution is 7.99. The van der Waals surface area contributed by atoms with Crippen molar-refractivity contribution >= 4 is 17.7 Å². The van der Waals surface area contributed by atoms with Gasteiger partial charge in [0.1, 0.15) is 0 Å². The number of nitrogens with zero attached hydrogens (tertiary/aromatic N) is 2. The van der Waals surface area contributed by atoms with Gasteiger partial charge in [0.25, 0.3) is 11.1 Å². The molecule has 1 aromatic carbocycles. The summed E-state index contributed by atoms with van der Waals surface area (Å²) in [6.45, 7) is 0. The maximum atomic E-state index is 12.3. The number of aromatic nitrogens is 2. The van der Waals surface area contributed by atoms with Crippen LogP contribution in [0.15, 0.2) is 56.7 Å². The molecular formula is C18H17N3O3S. The van der Waals surface area contributed by atoms with Crippen molar-refractivity contribution in [2.75, 3.05) is 5.75 Å². The highest BCUT2D eigenvalue weighted by Crippen LogP contribution is 2.29. The summed E-state index contributed by atoms with van der Waals surface area (Å²) < 4.78 is 10.7. The molecule has 6 nitrogen and oxygen atoms in total. The van der Waals surface area contributed by atoms with E-state index in [1.165, 1.54) is 22.9 Å². The van der Waals surface area contributed by atoms with Gasteiger partial charge in [0.15, 0.2) is 5.76 Å². The molecule has 25 heavy (non-hydrogen) atoms. The van der Waals surface area contributed by atoms with Crippen molar-refractivity contribution in [3.8, 4) is 11.7 Å². The topological polar surface area (TPSA) is 81.2 Å². The summed E-state index contributed by atoms with van der Waals surface area (Å²) in [7, 11) is 0. The minimum atomic E-state index is -0.0375. The molecule has 0 radical (unpaired) electrons. The van der Waals surface area contributed by atoms with Crippen LogP contribution in [0.5, 0.6) is 0 Å². The van der Waals surface area contributed by atoms with Gasteiger partial charge in [-0.05, 0) is 42.5 Å². The van der Waals surface area contributed by atoms with Gasteiger partial charge in [-0.2, -0.15) is 0 Å². The van der Waals surface area contributed by atoms with Crippen molar-refractivity contribution in [1.82, 2.24) is 15.5 Å². The minimum Gasteiger partial charge on any atom is -0.459 e. The predicted octanol–water partition coefficient (Wildman–Crippen LogP) is 3.62. The van der Waals surface area contributed by atoms with E-state index in [1.807, 2.05) is 12.1 Å². The Balaban J connectivity index is 1.34. The van der Waals surface area contributed by atoms with Crippen LogP contribution in [0, 0.1) is 0 Å². The first-order valence-corrected chi connectivity index (χ1v) is 9.15. The SMILES string of the molecule is O=C(CSc1nnc(-c2ccco2)o1)N[C@@H]1CCCc2ccccc21. The van der Waals surface area contributed by atoms with Crippen molar-refractivity contribution in [2.24, 2.45) is 0 Å². The number of thioether (sulfide) groups is 1. The second-order valence-corrected chi connectivity index (χ2v) is 6.78. The number of rotatable bonds is 5. The monoisotopic (exact) mass is 355 g/mol. The number of fused-ring (bicyclic) bond motifs is 1. The Kier molecular flexibility index (Phi) is 4.56. The number of hydrogen-bond acceptors (Lipinski definition) is 6. The average Bonchev–Trinajstić information content (AvgIpc) is 3.32. The van der Waals surface area contributed by atoms with Crippen LogP contribution in [0.1, 0.15) is 30.0 Å². The Morgan fingerprint density at radius 2 is 2.16 bits per heavy atom. The molecule has 4 rings (SSSR count). The van der Waals surface area contributed by atoms with Gasteiger partial charge in [0.2, 0.25) is 5.91 Å². The molecule has 1 N–H and O–H groups in total. The van der Waals surface area contributed by atoms with Gasteiger partial charge in [-0.3, -0.25) is 4.79 Å². The molecule has 0 spiro atoms. The molecule has 1 aliphatic rings. The van der Waals surface area contributed by atoms with Gasteiger partial charge in [-0.1, -0.05) is 36.0 Å². The van der Waals surface area contributed by atoms with Crippen LogP contribution in [0.4, 0.5) is 0 Å². The predicted molar refractivity (Wildman–Crippen MR) is 93.0 cm³/mol. The molecule has 0 aliphatic heterocycles. The minimum absolute atomic E-state index is 0.0375. The normalized spacial score (nSPS) is 16.4. The van der Waals surface area contributed by atoms with Crippen LogP contribution in [0.25, 0.3) is 11.7 Å². The van der Waals surface area contributed by atoms with Crippen molar-refractivity contribution in [3.63, 3.8) is 0 Å². The lowest BCUT2D eigenvalue weighted by Gasteiger charge is -2.26. The zero-order chi connectivity index (χ0) is 17.1. The van der Waals surface area contributed by atoms with E-state index in [1.54, 1.807) is 18.4 Å². The van der Waals surface area contributed by atoms with Gasteiger partial charge >= 0.3 is 0 Å². The third kappa shape index (κ3) is 3.61. The summed E-state index contributed by atoms with van der Waals surface area (Å²) in [5.74, 6) is 1.03. The molecule has 3 aromatic rings. The van der Waals surface area contributed by atoms with E-state index in [4.69, 9.17) is 8.83 Å². The van der Waals surface area contributed by atoms with Crippen LogP contribution in [0.2, 0.25) is 0 Å². The second kappa shape index (κ2) is 7.14. The van der Waals surface area contributed by atoms with Gasteiger partial charge in [0.05, 0.1) is 18.1 Å². The molecule has 7 heteroatoms. The molecule has 128 valence electrons. The van der Waals surface area contributed by atoms with Crippen molar-refractivity contribution < 1.29 is 13.6 Å². The number of nitrogens with one attached hydrogen (secondary N) is 1. The van der Waals surface area contributed by atoms with Crippen LogP contribution in [-0.2, 0) is 11.2 Å². The van der Waals surface area contributed by atoms with Crippen molar-refractivity contribution in [2.45, 2.75) is 30.5 Å². The fourth-order valence-electron chi connectivity index (χ4n) is 3.04. The Hall–Kier alpha value is -2.54. The molecule has 2 heterocycles. The summed E-state index contributed by atoms with van der Waals surface area (Å²) >= 11 is 1.22. The second-order valence-electron chi connectivity index (χ2n) is 5.85. The third-order valence-corrected chi connectivity index (χ3v) is 4.99. The number of aryl methyl sites for hydroxylation is 1. The fraction of sp³-hybridized carbons (Fsp3) is 0.278. The number of carbonyl (C=O) groups is 1. The molecular weight excluding hydrogens is 338 g/mol. The molecule has 0 saturated heterocycles. The van der Waals surface area contributed by atoms with Gasteiger partial charge in [-0.25, -0.2) is 0 Å². The van der Waals surface area contributed by atoms with Crippen LogP contribution < -0.4 is 5.32 Å². The zero-order valence-electron chi connectivity index (χ0n) is 13.5. The molecule has 1 atom stereocenters. The molecule has 0 unspecified atom stereocenters. The van der Waals surface area contributed by atoms with Crippen molar-refractivity contribution in [3.05, 3.63) is 53.8 Å². The quantitative estimate of drug-likeness (QED) is 0.704. The van der Waals surface area contributed by atoms with Crippen LogP contribution in [0.3, 0.4) is 0 Å². The number of benzene rings is 1. The fourth-order valence-corrected chi connectivity index (χ4v) is 3.61. The summed E-state index contributed by atoms with van der Waals surface area (Å²) in [6.07, 6.45) is 4.68. The smallest absolute Gasteiger partial charge is 0.284 e. The number of amides is 1. The molecule has 0 bridgehead atoms. The maximum absolute atomic E-state index is 12.3. The maximum Gasteiger partial charge on any atom is 0.284 e. The van der Waals surface area contributed by atoms with Gasteiger partial charge in [0, 0.05) is 0 Å². The first-order chi connectivity index (χ1) is 12.3. The first-order valence-electron chi connectivity index (χ1n) is 8.17. The summed E-state index contributed by atoms with van der Waals surface area (Å²) in [4.78, 5) is 12.3. The van der Waals surface area contributed by atoms with Gasteiger partial charge < -0.3 is 14.2 Å². The molecule has 1 amide bonds. The number of furan rings is 1. The largest absolute Gasteiger partial charge is 0.459 e. The van der Waals surface area contributed by atoms with E-state index in [9.17, 15) is 4.79 Å². The highest BCUT2D eigenvalue weighted by atomic mass is 32.2. The summed E-state index contributed by atoms with van der Waals surface area (Å²) in [6, 6.07) is 11.9. The first kappa shape index (κ1) is 16.0. The van der Waals surface area contributed by atoms with E-state index < -0.39 is 0 Å². The van der Waals surface area contributed by atoms with E-state index in [2.05, 4.69) is 27.6 Å². The molecule has 0 saturated carbocycles. The highest BCUT2D eigenvalue weighted by Gasteiger charge is 2.21. The zero-order valence-corrected chi connectivity index (χ0v) is 14.3.